The van der Waals surface area contributed by atoms with Crippen molar-refractivity contribution in [1.82, 2.24) is 9.88 Å². The molecule has 1 aliphatic rings. The molecule has 1 aromatic carbocycles. The van der Waals surface area contributed by atoms with Gasteiger partial charge in [0.15, 0.2) is 0 Å². The Bertz CT molecular complexity index is 567. The van der Waals surface area contributed by atoms with E-state index in [0.717, 1.165) is 36.5 Å². The Balaban J connectivity index is 1.49. The maximum atomic E-state index is 12.2. The molecule has 3 nitrogen and oxygen atoms in total. The SMILES string of the molecule is O=C(CCCc1nc2ccccc2s1)N1CCCCCC1. The number of para-hydroxylation sites is 1. The maximum absolute atomic E-state index is 12.2. The van der Waals surface area contributed by atoms with Gasteiger partial charge in [-0.1, -0.05) is 25.0 Å². The van der Waals surface area contributed by atoms with E-state index in [4.69, 9.17) is 0 Å². The molecule has 0 aliphatic carbocycles. The molecule has 2 heterocycles. The lowest BCUT2D eigenvalue weighted by molar-refractivity contribution is -0.131. The van der Waals surface area contributed by atoms with E-state index in [1.807, 2.05) is 12.1 Å². The lowest BCUT2D eigenvalue weighted by atomic mass is 10.2. The summed E-state index contributed by atoms with van der Waals surface area (Å²) in [7, 11) is 0. The number of carbonyl (C=O) groups excluding carboxylic acids is 1. The minimum Gasteiger partial charge on any atom is -0.343 e. The van der Waals surface area contributed by atoms with Gasteiger partial charge >= 0.3 is 0 Å². The van der Waals surface area contributed by atoms with E-state index >= 15 is 0 Å². The van der Waals surface area contributed by atoms with E-state index in [0.29, 0.717) is 12.3 Å². The van der Waals surface area contributed by atoms with Gasteiger partial charge in [0, 0.05) is 19.5 Å². The fraction of sp³-hybridized carbons (Fsp3) is 0.529. The molecule has 0 spiro atoms. The number of rotatable bonds is 4. The number of benzene rings is 1. The van der Waals surface area contributed by atoms with E-state index in [1.54, 1.807) is 11.3 Å². The standard InChI is InChI=1S/C17H22N2OS/c20-17(19-12-5-1-2-6-13-19)11-7-10-16-18-14-8-3-4-9-15(14)21-16/h3-4,8-9H,1-2,5-7,10-13H2. The highest BCUT2D eigenvalue weighted by Crippen LogP contribution is 2.23. The molecule has 0 unspecified atom stereocenters. The van der Waals surface area contributed by atoms with Gasteiger partial charge in [-0.2, -0.15) is 0 Å². The van der Waals surface area contributed by atoms with Gasteiger partial charge in [-0.25, -0.2) is 4.98 Å². The van der Waals surface area contributed by atoms with Gasteiger partial charge in [-0.15, -0.1) is 11.3 Å². The molecule has 0 bridgehead atoms. The van der Waals surface area contributed by atoms with Gasteiger partial charge in [-0.3, -0.25) is 4.79 Å². The summed E-state index contributed by atoms with van der Waals surface area (Å²) in [6.07, 6.45) is 7.38. The first-order chi connectivity index (χ1) is 10.3. The predicted molar refractivity (Wildman–Crippen MR) is 87.6 cm³/mol. The number of aryl methyl sites for hydroxylation is 1. The third-order valence-electron chi connectivity index (χ3n) is 4.08. The smallest absolute Gasteiger partial charge is 0.222 e. The zero-order valence-electron chi connectivity index (χ0n) is 12.4. The lowest BCUT2D eigenvalue weighted by Gasteiger charge is -2.20. The van der Waals surface area contributed by atoms with Crippen molar-refractivity contribution in [2.24, 2.45) is 0 Å². The molecule has 112 valence electrons. The molecule has 0 N–H and O–H groups in total. The number of fused-ring (bicyclic) bond motifs is 1. The van der Waals surface area contributed by atoms with Crippen LogP contribution in [0, 0.1) is 0 Å². The van der Waals surface area contributed by atoms with Gasteiger partial charge in [0.2, 0.25) is 5.91 Å². The van der Waals surface area contributed by atoms with Crippen LogP contribution in [0.25, 0.3) is 10.2 Å². The summed E-state index contributed by atoms with van der Waals surface area (Å²) in [5, 5.41) is 1.15. The summed E-state index contributed by atoms with van der Waals surface area (Å²) in [4.78, 5) is 18.9. The minimum absolute atomic E-state index is 0.331. The van der Waals surface area contributed by atoms with E-state index in [2.05, 4.69) is 22.0 Å². The molecule has 0 radical (unpaired) electrons. The van der Waals surface area contributed by atoms with Crippen molar-refractivity contribution in [3.63, 3.8) is 0 Å². The first-order valence-electron chi connectivity index (χ1n) is 7.95. The number of carbonyl (C=O) groups is 1. The molecule has 3 rings (SSSR count). The Morgan fingerprint density at radius 3 is 2.67 bits per heavy atom. The lowest BCUT2D eigenvalue weighted by Crippen LogP contribution is -2.31. The Morgan fingerprint density at radius 2 is 1.90 bits per heavy atom. The van der Waals surface area contributed by atoms with Crippen molar-refractivity contribution in [3.05, 3.63) is 29.3 Å². The minimum atomic E-state index is 0.331. The number of nitrogens with zero attached hydrogens (tertiary/aromatic N) is 2. The fourth-order valence-electron chi connectivity index (χ4n) is 2.90. The number of amides is 1. The second kappa shape index (κ2) is 7.03. The van der Waals surface area contributed by atoms with Crippen LogP contribution in [0.5, 0.6) is 0 Å². The normalized spacial score (nSPS) is 16.1. The Morgan fingerprint density at radius 1 is 1.14 bits per heavy atom. The second-order valence-electron chi connectivity index (χ2n) is 5.72. The van der Waals surface area contributed by atoms with Crippen LogP contribution in [0.3, 0.4) is 0 Å². The van der Waals surface area contributed by atoms with Crippen LogP contribution in [0.1, 0.15) is 43.5 Å². The van der Waals surface area contributed by atoms with Crippen molar-refractivity contribution in [3.8, 4) is 0 Å². The van der Waals surface area contributed by atoms with Crippen LogP contribution in [0.2, 0.25) is 0 Å². The molecule has 0 atom stereocenters. The van der Waals surface area contributed by atoms with Crippen molar-refractivity contribution in [1.29, 1.82) is 0 Å². The van der Waals surface area contributed by atoms with Crippen molar-refractivity contribution < 1.29 is 4.79 Å². The molecule has 21 heavy (non-hydrogen) atoms. The number of likely N-dealkylation sites (tertiary alicyclic amines) is 1. The van der Waals surface area contributed by atoms with Crippen molar-refractivity contribution >= 4 is 27.5 Å². The molecule has 1 saturated heterocycles. The van der Waals surface area contributed by atoms with Gasteiger partial charge in [-0.05, 0) is 37.8 Å². The highest BCUT2D eigenvalue weighted by molar-refractivity contribution is 7.18. The summed E-state index contributed by atoms with van der Waals surface area (Å²) in [6, 6.07) is 8.23. The monoisotopic (exact) mass is 302 g/mol. The summed E-state index contributed by atoms with van der Waals surface area (Å²) in [5.41, 5.74) is 1.08. The molecular weight excluding hydrogens is 280 g/mol. The fourth-order valence-corrected chi connectivity index (χ4v) is 3.91. The number of hydrogen-bond acceptors (Lipinski definition) is 3. The van der Waals surface area contributed by atoms with Crippen LogP contribution in [0.4, 0.5) is 0 Å². The summed E-state index contributed by atoms with van der Waals surface area (Å²) >= 11 is 1.75. The number of hydrogen-bond donors (Lipinski definition) is 0. The molecule has 1 fully saturated rings. The zero-order valence-corrected chi connectivity index (χ0v) is 13.2. The van der Waals surface area contributed by atoms with Crippen molar-refractivity contribution in [2.75, 3.05) is 13.1 Å². The highest BCUT2D eigenvalue weighted by Gasteiger charge is 2.15. The average Bonchev–Trinajstić information content (AvgIpc) is 2.71. The highest BCUT2D eigenvalue weighted by atomic mass is 32.1. The molecular formula is C17H22N2OS. The van der Waals surface area contributed by atoms with Crippen LogP contribution in [-0.4, -0.2) is 28.9 Å². The topological polar surface area (TPSA) is 33.2 Å². The molecule has 2 aromatic rings. The third-order valence-corrected chi connectivity index (χ3v) is 5.17. The third kappa shape index (κ3) is 3.82. The summed E-state index contributed by atoms with van der Waals surface area (Å²) in [6.45, 7) is 1.92. The van der Waals surface area contributed by atoms with Crippen molar-refractivity contribution in [2.45, 2.75) is 44.9 Å². The predicted octanol–water partition coefficient (Wildman–Crippen LogP) is 4.02. The van der Waals surface area contributed by atoms with Gasteiger partial charge in [0.1, 0.15) is 0 Å². The zero-order chi connectivity index (χ0) is 14.5. The molecule has 0 saturated carbocycles. The number of aromatic nitrogens is 1. The maximum Gasteiger partial charge on any atom is 0.222 e. The van der Waals surface area contributed by atoms with Crippen LogP contribution in [-0.2, 0) is 11.2 Å². The van der Waals surface area contributed by atoms with Gasteiger partial charge < -0.3 is 4.90 Å². The van der Waals surface area contributed by atoms with E-state index < -0.39 is 0 Å². The van der Waals surface area contributed by atoms with E-state index in [9.17, 15) is 4.79 Å². The summed E-state index contributed by atoms with van der Waals surface area (Å²) < 4.78 is 1.24. The molecule has 4 heteroatoms. The van der Waals surface area contributed by atoms with E-state index in [-0.39, 0.29) is 0 Å². The quantitative estimate of drug-likeness (QED) is 0.854. The second-order valence-corrected chi connectivity index (χ2v) is 6.84. The number of thiazole rings is 1. The van der Waals surface area contributed by atoms with Crippen LogP contribution < -0.4 is 0 Å². The molecule has 1 aromatic heterocycles. The average molecular weight is 302 g/mol. The Labute approximate surface area is 130 Å². The van der Waals surface area contributed by atoms with Crippen LogP contribution in [0.15, 0.2) is 24.3 Å². The largest absolute Gasteiger partial charge is 0.343 e. The molecule has 1 amide bonds. The Hall–Kier alpha value is -1.42. The summed E-state index contributed by atoms with van der Waals surface area (Å²) in [5.74, 6) is 0.331. The first-order valence-corrected chi connectivity index (χ1v) is 8.77. The van der Waals surface area contributed by atoms with E-state index in [1.165, 1.54) is 30.4 Å². The van der Waals surface area contributed by atoms with Gasteiger partial charge in [0.25, 0.3) is 0 Å². The first kappa shape index (κ1) is 14.5. The Kier molecular flexibility index (Phi) is 4.86. The van der Waals surface area contributed by atoms with Gasteiger partial charge in [0.05, 0.1) is 15.2 Å². The molecule has 1 aliphatic heterocycles. The van der Waals surface area contributed by atoms with Crippen LogP contribution >= 0.6 is 11.3 Å².